The fraction of sp³-hybridized carbons (Fsp3) is 0.316. The molecular weight excluding hydrogens is 382 g/mol. The average molecular weight is 404 g/mol. The molecule has 0 aliphatic heterocycles. The van der Waals surface area contributed by atoms with E-state index in [-0.39, 0.29) is 11.5 Å². The summed E-state index contributed by atoms with van der Waals surface area (Å²) < 4.78 is 6.73. The minimum Gasteiger partial charge on any atom is -0.497 e. The molecule has 0 radical (unpaired) electrons. The molecule has 0 unspecified atom stereocenters. The van der Waals surface area contributed by atoms with Gasteiger partial charge in [-0.2, -0.15) is 0 Å². The Morgan fingerprint density at radius 2 is 2.11 bits per heavy atom. The van der Waals surface area contributed by atoms with Crippen molar-refractivity contribution in [2.24, 2.45) is 0 Å². The van der Waals surface area contributed by atoms with Gasteiger partial charge in [0.15, 0.2) is 4.96 Å². The molecule has 0 aliphatic carbocycles. The summed E-state index contributed by atoms with van der Waals surface area (Å²) in [6, 6.07) is 9.35. The molecule has 0 aliphatic rings. The third-order valence-electron chi connectivity index (χ3n) is 4.01. The summed E-state index contributed by atoms with van der Waals surface area (Å²) in [6.45, 7) is 2.48. The standard InChI is InChI=1S/C19H21N3O3S2/c1-13-10-27-19-21-15(9-18(24)22(13)19)11-26-12-17(23)20-8-7-14-3-5-16(25-2)6-4-14/h3-6,9-10H,7-8,11-12H2,1-2H3,(H,20,23). The maximum absolute atomic E-state index is 12.1. The highest BCUT2D eigenvalue weighted by molar-refractivity contribution is 7.99. The number of nitrogens with one attached hydrogen (secondary N) is 1. The van der Waals surface area contributed by atoms with Crippen LogP contribution in [0.5, 0.6) is 5.75 Å². The molecule has 1 N–H and O–H groups in total. The Morgan fingerprint density at radius 1 is 1.33 bits per heavy atom. The lowest BCUT2D eigenvalue weighted by molar-refractivity contribution is -0.118. The van der Waals surface area contributed by atoms with Gasteiger partial charge in [-0.1, -0.05) is 12.1 Å². The Bertz CT molecular complexity index is 980. The molecule has 0 saturated heterocycles. The zero-order valence-corrected chi connectivity index (χ0v) is 16.9. The number of methoxy groups -OCH3 is 1. The lowest BCUT2D eigenvalue weighted by Gasteiger charge is -2.06. The summed E-state index contributed by atoms with van der Waals surface area (Å²) >= 11 is 2.90. The fourth-order valence-corrected chi connectivity index (χ4v) is 4.25. The third kappa shape index (κ3) is 5.11. The Morgan fingerprint density at radius 3 is 2.85 bits per heavy atom. The molecule has 8 heteroatoms. The molecule has 6 nitrogen and oxygen atoms in total. The number of benzene rings is 1. The van der Waals surface area contributed by atoms with Gasteiger partial charge in [-0.05, 0) is 31.0 Å². The second kappa shape index (κ2) is 9.05. The van der Waals surface area contributed by atoms with E-state index in [2.05, 4.69) is 10.3 Å². The second-order valence-corrected chi connectivity index (χ2v) is 7.84. The molecule has 0 spiro atoms. The molecule has 2 heterocycles. The predicted molar refractivity (Wildman–Crippen MR) is 110 cm³/mol. The van der Waals surface area contributed by atoms with Crippen LogP contribution >= 0.6 is 23.1 Å². The first kappa shape index (κ1) is 19.4. The minimum atomic E-state index is -0.0710. The molecule has 0 atom stereocenters. The quantitative estimate of drug-likeness (QED) is 0.626. The number of amides is 1. The van der Waals surface area contributed by atoms with E-state index in [0.717, 1.165) is 23.4 Å². The predicted octanol–water partition coefficient (Wildman–Crippen LogP) is 2.67. The molecule has 142 valence electrons. The van der Waals surface area contributed by atoms with E-state index in [1.807, 2.05) is 36.6 Å². The summed E-state index contributed by atoms with van der Waals surface area (Å²) in [4.78, 5) is 29.3. The highest BCUT2D eigenvalue weighted by atomic mass is 32.2. The Kier molecular flexibility index (Phi) is 6.52. The van der Waals surface area contributed by atoms with Gasteiger partial charge >= 0.3 is 0 Å². The van der Waals surface area contributed by atoms with Gasteiger partial charge in [-0.15, -0.1) is 23.1 Å². The molecule has 0 bridgehead atoms. The van der Waals surface area contributed by atoms with Gasteiger partial charge in [0.25, 0.3) is 5.56 Å². The van der Waals surface area contributed by atoms with Crippen LogP contribution < -0.4 is 15.6 Å². The van der Waals surface area contributed by atoms with Gasteiger partial charge in [-0.25, -0.2) is 4.98 Å². The van der Waals surface area contributed by atoms with Crippen molar-refractivity contribution in [3.63, 3.8) is 0 Å². The fourth-order valence-electron chi connectivity index (χ4n) is 2.61. The van der Waals surface area contributed by atoms with Gasteiger partial charge < -0.3 is 10.1 Å². The summed E-state index contributed by atoms with van der Waals surface area (Å²) in [5.74, 6) is 1.68. The lowest BCUT2D eigenvalue weighted by Crippen LogP contribution is -2.27. The van der Waals surface area contributed by atoms with E-state index in [0.29, 0.717) is 28.7 Å². The first-order chi connectivity index (χ1) is 13.1. The number of ether oxygens (including phenoxy) is 1. The zero-order valence-electron chi connectivity index (χ0n) is 15.2. The number of rotatable bonds is 8. The smallest absolute Gasteiger partial charge is 0.258 e. The number of fused-ring (bicyclic) bond motifs is 1. The number of hydrogen-bond donors (Lipinski definition) is 1. The number of thiazole rings is 1. The van der Waals surface area contributed by atoms with Crippen molar-refractivity contribution < 1.29 is 9.53 Å². The van der Waals surface area contributed by atoms with Crippen molar-refractivity contribution in [1.29, 1.82) is 0 Å². The number of carbonyl (C=O) groups is 1. The maximum atomic E-state index is 12.1. The van der Waals surface area contributed by atoms with Gasteiger partial charge in [0.1, 0.15) is 5.75 Å². The van der Waals surface area contributed by atoms with E-state index in [9.17, 15) is 9.59 Å². The number of carbonyl (C=O) groups excluding carboxylic acids is 1. The van der Waals surface area contributed by atoms with Crippen molar-refractivity contribution in [3.8, 4) is 5.75 Å². The largest absolute Gasteiger partial charge is 0.497 e. The Hall–Kier alpha value is -2.32. The van der Waals surface area contributed by atoms with Crippen LogP contribution in [-0.4, -0.2) is 34.7 Å². The monoisotopic (exact) mass is 403 g/mol. The van der Waals surface area contributed by atoms with Crippen LogP contribution in [0.4, 0.5) is 0 Å². The van der Waals surface area contributed by atoms with Crippen molar-refractivity contribution in [1.82, 2.24) is 14.7 Å². The summed E-state index contributed by atoms with van der Waals surface area (Å²) in [6.07, 6.45) is 0.771. The average Bonchev–Trinajstić information content (AvgIpc) is 3.03. The highest BCUT2D eigenvalue weighted by Crippen LogP contribution is 2.15. The molecule has 0 fully saturated rings. The normalized spacial score (nSPS) is 10.9. The molecule has 1 aromatic carbocycles. The second-order valence-electron chi connectivity index (χ2n) is 6.02. The number of hydrogen-bond acceptors (Lipinski definition) is 6. The summed E-state index contributed by atoms with van der Waals surface area (Å²) in [5, 5.41) is 4.83. The van der Waals surface area contributed by atoms with Crippen LogP contribution in [0.15, 0.2) is 40.5 Å². The lowest BCUT2D eigenvalue weighted by atomic mass is 10.1. The van der Waals surface area contributed by atoms with Crippen molar-refractivity contribution in [3.05, 3.63) is 63.0 Å². The topological polar surface area (TPSA) is 72.7 Å². The molecule has 3 rings (SSSR count). The highest BCUT2D eigenvalue weighted by Gasteiger charge is 2.08. The minimum absolute atomic E-state index is 0.0155. The summed E-state index contributed by atoms with van der Waals surface area (Å²) in [7, 11) is 1.64. The zero-order chi connectivity index (χ0) is 19.2. The van der Waals surface area contributed by atoms with Crippen LogP contribution in [0, 0.1) is 6.92 Å². The number of aryl methyl sites for hydroxylation is 1. The molecule has 27 heavy (non-hydrogen) atoms. The van der Waals surface area contributed by atoms with Crippen LogP contribution in [-0.2, 0) is 17.0 Å². The van der Waals surface area contributed by atoms with Gasteiger partial charge in [-0.3, -0.25) is 14.0 Å². The summed E-state index contributed by atoms with van der Waals surface area (Å²) in [5.41, 5.74) is 2.67. The van der Waals surface area contributed by atoms with Gasteiger partial charge in [0, 0.05) is 29.4 Å². The van der Waals surface area contributed by atoms with Crippen molar-refractivity contribution in [2.45, 2.75) is 19.1 Å². The van der Waals surface area contributed by atoms with Gasteiger partial charge in [0.05, 0.1) is 18.6 Å². The maximum Gasteiger partial charge on any atom is 0.258 e. The van der Waals surface area contributed by atoms with Crippen molar-refractivity contribution >= 4 is 34.0 Å². The Labute approximate surface area is 165 Å². The SMILES string of the molecule is COc1ccc(CCNC(=O)CSCc2cc(=O)n3c(C)csc3n2)cc1. The van der Waals surface area contributed by atoms with Crippen LogP contribution in [0.2, 0.25) is 0 Å². The third-order valence-corrected chi connectivity index (χ3v) is 5.92. The van der Waals surface area contributed by atoms with Crippen molar-refractivity contribution in [2.75, 3.05) is 19.4 Å². The van der Waals surface area contributed by atoms with E-state index < -0.39 is 0 Å². The van der Waals surface area contributed by atoms with E-state index >= 15 is 0 Å². The number of aromatic nitrogens is 2. The van der Waals surface area contributed by atoms with E-state index in [1.54, 1.807) is 17.6 Å². The first-order valence-corrected chi connectivity index (χ1v) is 10.5. The van der Waals surface area contributed by atoms with Crippen LogP contribution in [0.25, 0.3) is 4.96 Å². The Balaban J connectivity index is 1.42. The van der Waals surface area contributed by atoms with E-state index in [4.69, 9.17) is 4.74 Å². The van der Waals surface area contributed by atoms with Crippen LogP contribution in [0.1, 0.15) is 17.0 Å². The number of nitrogens with zero attached hydrogens (tertiary/aromatic N) is 2. The molecule has 3 aromatic rings. The van der Waals surface area contributed by atoms with Gasteiger partial charge in [0.2, 0.25) is 5.91 Å². The van der Waals surface area contributed by atoms with Crippen LogP contribution in [0.3, 0.4) is 0 Å². The molecule has 2 aromatic heterocycles. The molecule has 0 saturated carbocycles. The molecular formula is C19H21N3O3S2. The number of thioether (sulfide) groups is 1. The first-order valence-electron chi connectivity index (χ1n) is 8.51. The molecule has 1 amide bonds. The van der Waals surface area contributed by atoms with E-state index in [1.165, 1.54) is 23.1 Å².